The largest absolute Gasteiger partial charge is 0.461 e. The predicted octanol–water partition coefficient (Wildman–Crippen LogP) is 1.83. The second kappa shape index (κ2) is 4.85. The highest BCUT2D eigenvalue weighted by Crippen LogP contribution is 2.17. The van der Waals surface area contributed by atoms with Crippen molar-refractivity contribution in [3.63, 3.8) is 0 Å². The highest BCUT2D eigenvalue weighted by molar-refractivity contribution is 7.15. The number of carbonyl (C=O) groups is 2. The van der Waals surface area contributed by atoms with Crippen LogP contribution in [-0.4, -0.2) is 23.8 Å². The minimum absolute atomic E-state index is 0.311. The molecule has 0 radical (unpaired) electrons. The van der Waals surface area contributed by atoms with Gasteiger partial charge in [0.25, 0.3) is 0 Å². The van der Waals surface area contributed by atoms with E-state index in [9.17, 15) is 9.59 Å². The molecule has 76 valence electrons. The van der Waals surface area contributed by atoms with E-state index < -0.39 is 5.97 Å². The molecule has 0 N–H and O–H groups in total. The number of ether oxygens (including phenoxy) is 1. The van der Waals surface area contributed by atoms with Gasteiger partial charge in [0.05, 0.1) is 12.3 Å². The van der Waals surface area contributed by atoms with Crippen LogP contribution in [0.15, 0.2) is 0 Å². The Morgan fingerprint density at radius 1 is 1.64 bits per heavy atom. The summed E-state index contributed by atoms with van der Waals surface area (Å²) in [4.78, 5) is 26.1. The van der Waals surface area contributed by atoms with E-state index >= 15 is 0 Å². The van der Waals surface area contributed by atoms with Gasteiger partial charge in [0.2, 0.25) is 0 Å². The van der Waals surface area contributed by atoms with E-state index in [-0.39, 0.29) is 0 Å². The Morgan fingerprint density at radius 3 is 2.86 bits per heavy atom. The standard InChI is InChI=1S/C9H11NO3S/c1-3-4-13-9(12)8-6(2)10-7(5-11)14-8/h5H,3-4H2,1-2H3. The fourth-order valence-electron chi connectivity index (χ4n) is 0.917. The normalized spacial score (nSPS) is 9.86. The minimum atomic E-state index is -0.394. The van der Waals surface area contributed by atoms with Crippen LogP contribution >= 0.6 is 11.3 Å². The zero-order chi connectivity index (χ0) is 10.6. The van der Waals surface area contributed by atoms with E-state index in [1.165, 1.54) is 0 Å². The van der Waals surface area contributed by atoms with Crippen LogP contribution in [0.25, 0.3) is 0 Å². The number of aldehydes is 1. The van der Waals surface area contributed by atoms with Gasteiger partial charge in [-0.15, -0.1) is 11.3 Å². The molecule has 0 aliphatic rings. The monoisotopic (exact) mass is 213 g/mol. The molecule has 1 rings (SSSR count). The SMILES string of the molecule is CCCOC(=O)c1sc(C=O)nc1C. The number of thiazole rings is 1. The third-order valence-corrected chi connectivity index (χ3v) is 2.60. The molecule has 0 spiro atoms. The van der Waals surface area contributed by atoms with Crippen molar-refractivity contribution < 1.29 is 14.3 Å². The average Bonchev–Trinajstić information content (AvgIpc) is 2.56. The molecule has 0 aliphatic heterocycles. The number of rotatable bonds is 4. The molecule has 5 heteroatoms. The lowest BCUT2D eigenvalue weighted by molar-refractivity contribution is 0.0509. The molecule has 0 saturated carbocycles. The van der Waals surface area contributed by atoms with Crippen molar-refractivity contribution in [1.29, 1.82) is 0 Å². The first kappa shape index (κ1) is 10.8. The Morgan fingerprint density at radius 2 is 2.36 bits per heavy atom. The Bertz CT molecular complexity index is 346. The lowest BCUT2D eigenvalue weighted by atomic mass is 10.4. The summed E-state index contributed by atoms with van der Waals surface area (Å²) in [6.45, 7) is 4.00. The summed E-state index contributed by atoms with van der Waals surface area (Å²) in [5, 5.41) is 0.311. The van der Waals surface area contributed by atoms with Gasteiger partial charge in [0.15, 0.2) is 11.3 Å². The van der Waals surface area contributed by atoms with Gasteiger partial charge in [-0.25, -0.2) is 9.78 Å². The van der Waals surface area contributed by atoms with Crippen LogP contribution in [0.5, 0.6) is 0 Å². The third kappa shape index (κ3) is 2.38. The predicted molar refractivity (Wildman–Crippen MR) is 52.8 cm³/mol. The maximum absolute atomic E-state index is 11.4. The lowest BCUT2D eigenvalue weighted by Gasteiger charge is -1.99. The summed E-state index contributed by atoms with van der Waals surface area (Å²) < 4.78 is 4.93. The molecule has 0 saturated heterocycles. The molecule has 1 aromatic heterocycles. The molecule has 0 aliphatic carbocycles. The first-order valence-corrected chi connectivity index (χ1v) is 5.10. The first-order valence-electron chi connectivity index (χ1n) is 4.28. The average molecular weight is 213 g/mol. The van der Waals surface area contributed by atoms with Gasteiger partial charge >= 0.3 is 5.97 Å². The van der Waals surface area contributed by atoms with Gasteiger partial charge in [-0.1, -0.05) is 6.92 Å². The van der Waals surface area contributed by atoms with E-state index in [2.05, 4.69) is 4.98 Å². The van der Waals surface area contributed by atoms with E-state index in [4.69, 9.17) is 4.74 Å². The Kier molecular flexibility index (Phi) is 3.76. The van der Waals surface area contributed by atoms with E-state index in [0.717, 1.165) is 17.8 Å². The lowest BCUT2D eigenvalue weighted by Crippen LogP contribution is -2.05. The Hall–Kier alpha value is -1.23. The molecule has 0 aromatic carbocycles. The Labute approximate surface area is 85.9 Å². The third-order valence-electron chi connectivity index (χ3n) is 1.54. The van der Waals surface area contributed by atoms with E-state index in [1.54, 1.807) is 6.92 Å². The van der Waals surface area contributed by atoms with Crippen LogP contribution in [-0.2, 0) is 4.74 Å². The van der Waals surface area contributed by atoms with Gasteiger partial charge in [-0.3, -0.25) is 4.79 Å². The number of aromatic nitrogens is 1. The number of aryl methyl sites for hydroxylation is 1. The molecular weight excluding hydrogens is 202 g/mol. The van der Waals surface area contributed by atoms with Crippen molar-refractivity contribution in [2.24, 2.45) is 0 Å². The molecule has 0 fully saturated rings. The van der Waals surface area contributed by atoms with Crippen LogP contribution in [0.1, 0.15) is 38.5 Å². The first-order chi connectivity index (χ1) is 6.69. The summed E-state index contributed by atoms with van der Waals surface area (Å²) in [5.41, 5.74) is 0.554. The quantitative estimate of drug-likeness (QED) is 0.565. The Balaban J connectivity index is 2.78. The van der Waals surface area contributed by atoms with Crippen LogP contribution < -0.4 is 0 Å². The minimum Gasteiger partial charge on any atom is -0.461 e. The smallest absolute Gasteiger partial charge is 0.350 e. The fraction of sp³-hybridized carbons (Fsp3) is 0.444. The molecule has 1 aromatic rings. The van der Waals surface area contributed by atoms with Crippen LogP contribution in [0.4, 0.5) is 0 Å². The molecule has 0 unspecified atom stereocenters. The van der Waals surface area contributed by atoms with Crippen molar-refractivity contribution >= 4 is 23.6 Å². The number of carbonyl (C=O) groups excluding carboxylic acids is 2. The van der Waals surface area contributed by atoms with Gasteiger partial charge in [-0.05, 0) is 13.3 Å². The molecular formula is C9H11NO3S. The summed E-state index contributed by atoms with van der Waals surface area (Å²) in [5.74, 6) is -0.394. The summed E-state index contributed by atoms with van der Waals surface area (Å²) in [6.07, 6.45) is 1.42. The maximum atomic E-state index is 11.4. The second-order valence-electron chi connectivity index (χ2n) is 2.72. The maximum Gasteiger partial charge on any atom is 0.350 e. The summed E-state index contributed by atoms with van der Waals surface area (Å²) in [7, 11) is 0. The zero-order valence-corrected chi connectivity index (χ0v) is 8.89. The summed E-state index contributed by atoms with van der Waals surface area (Å²) >= 11 is 1.06. The molecule has 0 atom stereocenters. The number of hydrogen-bond acceptors (Lipinski definition) is 5. The van der Waals surface area contributed by atoms with Gasteiger partial charge in [0.1, 0.15) is 4.88 Å². The molecule has 4 nitrogen and oxygen atoms in total. The van der Waals surface area contributed by atoms with Gasteiger partial charge < -0.3 is 4.74 Å². The topological polar surface area (TPSA) is 56.3 Å². The van der Waals surface area contributed by atoms with Gasteiger partial charge in [-0.2, -0.15) is 0 Å². The molecule has 1 heterocycles. The second-order valence-corrected chi connectivity index (χ2v) is 3.75. The molecule has 0 amide bonds. The molecule has 0 bridgehead atoms. The zero-order valence-electron chi connectivity index (χ0n) is 8.07. The van der Waals surface area contributed by atoms with E-state index in [1.807, 2.05) is 6.92 Å². The van der Waals surface area contributed by atoms with Crippen LogP contribution in [0, 0.1) is 6.92 Å². The van der Waals surface area contributed by atoms with Gasteiger partial charge in [0, 0.05) is 0 Å². The summed E-state index contributed by atoms with van der Waals surface area (Å²) in [6, 6.07) is 0. The van der Waals surface area contributed by atoms with E-state index in [0.29, 0.717) is 28.5 Å². The van der Waals surface area contributed by atoms with Crippen molar-refractivity contribution in [3.05, 3.63) is 15.6 Å². The highest BCUT2D eigenvalue weighted by Gasteiger charge is 2.15. The van der Waals surface area contributed by atoms with Crippen LogP contribution in [0.3, 0.4) is 0 Å². The van der Waals surface area contributed by atoms with Crippen molar-refractivity contribution in [2.75, 3.05) is 6.61 Å². The number of hydrogen-bond donors (Lipinski definition) is 0. The van der Waals surface area contributed by atoms with Crippen molar-refractivity contribution in [2.45, 2.75) is 20.3 Å². The molecule has 14 heavy (non-hydrogen) atoms. The number of esters is 1. The fourth-order valence-corrected chi connectivity index (χ4v) is 1.69. The van der Waals surface area contributed by atoms with Crippen LogP contribution in [0.2, 0.25) is 0 Å². The van der Waals surface area contributed by atoms with Crippen molar-refractivity contribution in [1.82, 2.24) is 4.98 Å². The highest BCUT2D eigenvalue weighted by atomic mass is 32.1. The number of nitrogens with zero attached hydrogens (tertiary/aromatic N) is 1. The van der Waals surface area contributed by atoms with Crippen molar-refractivity contribution in [3.8, 4) is 0 Å².